The molecule has 0 heterocycles. The Morgan fingerprint density at radius 2 is 1.30 bits per heavy atom. The third kappa shape index (κ3) is 5.76. The molecule has 1 unspecified atom stereocenters. The molecule has 2 nitrogen and oxygen atoms in total. The molecule has 0 saturated heterocycles. The van der Waals surface area contributed by atoms with Gasteiger partial charge in [0.15, 0.2) is 0 Å². The summed E-state index contributed by atoms with van der Waals surface area (Å²) >= 11 is 0. The first-order valence-electron chi connectivity index (χ1n) is 8.55. The van der Waals surface area contributed by atoms with Gasteiger partial charge in [-0.3, -0.25) is 4.99 Å². The van der Waals surface area contributed by atoms with Crippen LogP contribution in [0.3, 0.4) is 0 Å². The molecule has 0 fully saturated rings. The quantitative estimate of drug-likeness (QED) is 0.772. The molecule has 1 N–H and O–H groups in total. The van der Waals surface area contributed by atoms with E-state index in [1.54, 1.807) is 0 Å². The van der Waals surface area contributed by atoms with Crippen LogP contribution in [0.4, 0.5) is 0 Å². The van der Waals surface area contributed by atoms with Crippen LogP contribution in [0.5, 0.6) is 0 Å². The van der Waals surface area contributed by atoms with Gasteiger partial charge in [0, 0.05) is 6.21 Å². The van der Waals surface area contributed by atoms with Gasteiger partial charge < -0.3 is 5.11 Å². The molecule has 23 heavy (non-hydrogen) atoms. The Morgan fingerprint density at radius 1 is 0.870 bits per heavy atom. The highest BCUT2D eigenvalue weighted by molar-refractivity contribution is 5.80. The lowest BCUT2D eigenvalue weighted by Gasteiger charge is -2.27. The molecule has 130 valence electrons. The molecule has 0 aromatic heterocycles. The van der Waals surface area contributed by atoms with E-state index in [1.165, 1.54) is 11.1 Å². The van der Waals surface area contributed by atoms with Gasteiger partial charge in [0.25, 0.3) is 0 Å². The molecule has 0 aliphatic carbocycles. The number of aliphatic hydroxyl groups excluding tert-OH is 1. The van der Waals surface area contributed by atoms with E-state index in [-0.39, 0.29) is 28.9 Å². The molecule has 0 aliphatic rings. The maximum atomic E-state index is 9.59. The van der Waals surface area contributed by atoms with Crippen molar-refractivity contribution in [2.24, 2.45) is 10.4 Å². The smallest absolute Gasteiger partial charge is 0.0778 e. The van der Waals surface area contributed by atoms with Gasteiger partial charge in [-0.2, -0.15) is 0 Å². The third-order valence-corrected chi connectivity index (χ3v) is 4.26. The maximum Gasteiger partial charge on any atom is 0.0778 e. The van der Waals surface area contributed by atoms with Crippen LogP contribution in [0.2, 0.25) is 0 Å². The van der Waals surface area contributed by atoms with Gasteiger partial charge >= 0.3 is 0 Å². The number of rotatable bonds is 3. The summed E-state index contributed by atoms with van der Waals surface area (Å²) in [6.07, 6.45) is 1.93. The fourth-order valence-electron chi connectivity index (χ4n) is 2.31. The number of hydrogen-bond donors (Lipinski definition) is 1. The largest absolute Gasteiger partial charge is 0.394 e. The first kappa shape index (κ1) is 19.9. The summed E-state index contributed by atoms with van der Waals surface area (Å²) in [6, 6.07) is 6.66. The molecule has 1 rings (SSSR count). The van der Waals surface area contributed by atoms with E-state index in [0.717, 1.165) is 5.56 Å². The number of nitrogens with zero attached hydrogens (tertiary/aromatic N) is 1. The molecule has 0 aliphatic heterocycles. The standard InChI is InChI=1S/C21H35NO/c1-19(2,3)16-10-15(11-17(12-16)20(4,5)6)13-22-18(14-23)21(7,8)9/h10-13,18,23H,14H2,1-9H3. The molecule has 0 amide bonds. The Labute approximate surface area is 143 Å². The van der Waals surface area contributed by atoms with Crippen molar-refractivity contribution in [3.63, 3.8) is 0 Å². The average molecular weight is 318 g/mol. The Kier molecular flexibility index (Phi) is 5.85. The van der Waals surface area contributed by atoms with Gasteiger partial charge in [-0.1, -0.05) is 68.4 Å². The van der Waals surface area contributed by atoms with Gasteiger partial charge in [-0.25, -0.2) is 0 Å². The molecular weight excluding hydrogens is 282 g/mol. The van der Waals surface area contributed by atoms with Crippen LogP contribution in [0, 0.1) is 5.41 Å². The second-order valence-electron chi connectivity index (χ2n) is 9.69. The van der Waals surface area contributed by atoms with E-state index >= 15 is 0 Å². The van der Waals surface area contributed by atoms with E-state index in [2.05, 4.69) is 85.5 Å². The topological polar surface area (TPSA) is 32.6 Å². The molecule has 1 aromatic carbocycles. The zero-order chi connectivity index (χ0) is 18.1. The summed E-state index contributed by atoms with van der Waals surface area (Å²) in [7, 11) is 0. The predicted octanol–water partition coefficient (Wildman–Crippen LogP) is 5.11. The second kappa shape index (κ2) is 6.76. The lowest BCUT2D eigenvalue weighted by atomic mass is 9.79. The lowest BCUT2D eigenvalue weighted by Crippen LogP contribution is -2.28. The normalized spacial score (nSPS) is 15.2. The highest BCUT2D eigenvalue weighted by Gasteiger charge is 2.23. The van der Waals surface area contributed by atoms with Crippen molar-refractivity contribution in [1.29, 1.82) is 0 Å². The summed E-state index contributed by atoms with van der Waals surface area (Å²) in [5.41, 5.74) is 3.92. The fourth-order valence-corrected chi connectivity index (χ4v) is 2.31. The van der Waals surface area contributed by atoms with Gasteiger partial charge in [0.2, 0.25) is 0 Å². The van der Waals surface area contributed by atoms with Crippen molar-refractivity contribution in [3.05, 3.63) is 34.9 Å². The maximum absolute atomic E-state index is 9.59. The van der Waals surface area contributed by atoms with Crippen LogP contribution in [-0.4, -0.2) is 24.0 Å². The fraction of sp³-hybridized carbons (Fsp3) is 0.667. The van der Waals surface area contributed by atoms with E-state index in [0.29, 0.717) is 0 Å². The van der Waals surface area contributed by atoms with Crippen molar-refractivity contribution in [2.45, 2.75) is 79.2 Å². The Bertz CT molecular complexity index is 518. The summed E-state index contributed by atoms with van der Waals surface area (Å²) in [6.45, 7) is 19.8. The average Bonchev–Trinajstić information content (AvgIpc) is 2.35. The predicted molar refractivity (Wildman–Crippen MR) is 102 cm³/mol. The van der Waals surface area contributed by atoms with Crippen molar-refractivity contribution >= 4 is 6.21 Å². The highest BCUT2D eigenvalue weighted by Crippen LogP contribution is 2.30. The molecule has 2 heteroatoms. The SMILES string of the molecule is CC(C)(C)c1cc(C=NC(CO)C(C)(C)C)cc(C(C)(C)C)c1. The Balaban J connectivity index is 3.31. The Morgan fingerprint density at radius 3 is 1.61 bits per heavy atom. The first-order valence-corrected chi connectivity index (χ1v) is 8.55. The van der Waals surface area contributed by atoms with E-state index in [4.69, 9.17) is 0 Å². The first-order chi connectivity index (χ1) is 10.2. The number of aliphatic hydroxyl groups is 1. The minimum atomic E-state index is -0.0844. The zero-order valence-electron chi connectivity index (χ0n) is 16.5. The molecule has 0 radical (unpaired) electrons. The minimum Gasteiger partial charge on any atom is -0.394 e. The molecule has 1 atom stereocenters. The van der Waals surface area contributed by atoms with Gasteiger partial charge in [0.05, 0.1) is 12.6 Å². The Hall–Kier alpha value is -1.15. The second-order valence-corrected chi connectivity index (χ2v) is 9.69. The summed E-state index contributed by atoms with van der Waals surface area (Å²) in [5, 5.41) is 9.59. The molecule has 0 saturated carbocycles. The van der Waals surface area contributed by atoms with Crippen molar-refractivity contribution < 1.29 is 5.11 Å². The van der Waals surface area contributed by atoms with Crippen LogP contribution in [-0.2, 0) is 10.8 Å². The zero-order valence-corrected chi connectivity index (χ0v) is 16.5. The molecule has 0 bridgehead atoms. The number of aliphatic imine (C=N–C) groups is 1. The van der Waals surface area contributed by atoms with Gasteiger partial charge in [0.1, 0.15) is 0 Å². The monoisotopic (exact) mass is 317 g/mol. The van der Waals surface area contributed by atoms with E-state index in [9.17, 15) is 5.11 Å². The number of benzene rings is 1. The minimum absolute atomic E-state index is 0.0419. The van der Waals surface area contributed by atoms with Gasteiger partial charge in [-0.15, -0.1) is 0 Å². The lowest BCUT2D eigenvalue weighted by molar-refractivity contribution is 0.191. The van der Waals surface area contributed by atoms with E-state index < -0.39 is 0 Å². The van der Waals surface area contributed by atoms with Crippen LogP contribution in [0.15, 0.2) is 23.2 Å². The molecular formula is C21H35NO. The van der Waals surface area contributed by atoms with Crippen molar-refractivity contribution in [2.75, 3.05) is 6.61 Å². The van der Waals surface area contributed by atoms with Crippen LogP contribution < -0.4 is 0 Å². The van der Waals surface area contributed by atoms with Crippen LogP contribution >= 0.6 is 0 Å². The summed E-state index contributed by atoms with van der Waals surface area (Å²) < 4.78 is 0. The van der Waals surface area contributed by atoms with Crippen LogP contribution in [0.25, 0.3) is 0 Å². The highest BCUT2D eigenvalue weighted by atomic mass is 16.3. The molecule has 1 aromatic rings. The van der Waals surface area contributed by atoms with E-state index in [1.807, 2.05) is 6.21 Å². The van der Waals surface area contributed by atoms with Crippen LogP contribution in [0.1, 0.15) is 79.0 Å². The third-order valence-electron chi connectivity index (χ3n) is 4.26. The van der Waals surface area contributed by atoms with Crippen molar-refractivity contribution in [1.82, 2.24) is 0 Å². The summed E-state index contributed by atoms with van der Waals surface area (Å²) in [5.74, 6) is 0. The van der Waals surface area contributed by atoms with Crippen molar-refractivity contribution in [3.8, 4) is 0 Å². The number of hydrogen-bond acceptors (Lipinski definition) is 2. The molecule has 0 spiro atoms. The van der Waals surface area contributed by atoms with Gasteiger partial charge in [-0.05, 0) is 45.1 Å². The summed E-state index contributed by atoms with van der Waals surface area (Å²) in [4.78, 5) is 4.66.